The van der Waals surface area contributed by atoms with Gasteiger partial charge in [0.1, 0.15) is 5.82 Å². The molecule has 4 aromatic rings. The second kappa shape index (κ2) is 12.6. The first-order chi connectivity index (χ1) is 20.9. The molecule has 10 nitrogen and oxygen atoms in total. The zero-order chi connectivity index (χ0) is 31.3. The highest BCUT2D eigenvalue weighted by Crippen LogP contribution is 2.36. The molecule has 1 fully saturated rings. The van der Waals surface area contributed by atoms with E-state index in [1.165, 1.54) is 21.6 Å². The number of nitrogens with zero attached hydrogens (tertiary/aromatic N) is 7. The summed E-state index contributed by atoms with van der Waals surface area (Å²) in [4.78, 5) is 40.9. The third kappa shape index (κ3) is 6.23. The van der Waals surface area contributed by atoms with Gasteiger partial charge in [0, 0.05) is 53.5 Å². The van der Waals surface area contributed by atoms with E-state index in [0.29, 0.717) is 16.9 Å². The first-order valence-electron chi connectivity index (χ1n) is 14.2. The Morgan fingerprint density at radius 3 is 2.44 bits per heavy atom. The summed E-state index contributed by atoms with van der Waals surface area (Å²) in [5.41, 5.74) is 1.47. The van der Waals surface area contributed by atoms with Crippen molar-refractivity contribution in [1.29, 1.82) is 0 Å². The maximum Gasteiger partial charge on any atom is 0.417 e. The average Bonchev–Trinajstić information content (AvgIpc) is 3.34. The number of carbonyl (C=O) groups is 1. The van der Waals surface area contributed by atoms with Crippen molar-refractivity contribution in [3.8, 4) is 11.6 Å². The molecule has 238 valence electrons. The zero-order valence-electron chi connectivity index (χ0n) is 24.7. The van der Waals surface area contributed by atoms with E-state index in [0.717, 1.165) is 49.5 Å². The molecule has 6 rings (SSSR count). The van der Waals surface area contributed by atoms with Crippen molar-refractivity contribution < 1.29 is 18.0 Å². The number of pyridine rings is 1. The molecule has 1 aromatic carbocycles. The largest absolute Gasteiger partial charge is 0.417 e. The Labute approximate surface area is 271 Å². The van der Waals surface area contributed by atoms with Crippen LogP contribution >= 0.6 is 28.3 Å². The Hall–Kier alpha value is -3.75. The quantitative estimate of drug-likeness (QED) is 0.330. The number of nitrogens with one attached hydrogen (secondary N) is 1. The Morgan fingerprint density at radius 1 is 1.09 bits per heavy atom. The molecular formula is C30H31BrClF3N8O2. The van der Waals surface area contributed by atoms with E-state index in [1.54, 1.807) is 17.8 Å². The third-order valence-corrected chi connectivity index (χ3v) is 8.70. The Balaban J connectivity index is 0.00000400. The Kier molecular flexibility index (Phi) is 9.11. The van der Waals surface area contributed by atoms with Gasteiger partial charge in [0.15, 0.2) is 0 Å². The molecule has 45 heavy (non-hydrogen) atoms. The van der Waals surface area contributed by atoms with Crippen LogP contribution in [0.3, 0.4) is 0 Å². The summed E-state index contributed by atoms with van der Waals surface area (Å²) in [5.74, 6) is 0.472. The lowest BCUT2D eigenvalue weighted by Gasteiger charge is -2.34. The fourth-order valence-electron chi connectivity index (χ4n) is 5.76. The number of hydrogen-bond acceptors (Lipinski definition) is 7. The van der Waals surface area contributed by atoms with Crippen molar-refractivity contribution in [2.75, 3.05) is 31.1 Å². The number of benzene rings is 1. The number of alkyl halides is 3. The number of halogens is 5. The summed E-state index contributed by atoms with van der Waals surface area (Å²) in [6.45, 7) is 8.80. The predicted molar refractivity (Wildman–Crippen MR) is 169 cm³/mol. The molecule has 1 N–H and O–H groups in total. The summed E-state index contributed by atoms with van der Waals surface area (Å²) < 4.78 is 43.6. The van der Waals surface area contributed by atoms with Crippen molar-refractivity contribution in [2.24, 2.45) is 0 Å². The van der Waals surface area contributed by atoms with E-state index in [4.69, 9.17) is 4.98 Å². The standard InChI is InChI=1S/C30H30BrF3N8O2.ClH/c1-17-12-19(3)42(38-17)29-37-25-16-40(27(43)20-4-6-24(31)23(14-20)30(32,33)34)18(2)13-22(25)28(44)41(29)21-5-7-26(36-15-21)39-10-8-35-9-11-39;/h4-7,12,14-15,18,35H,8-11,13,16H2,1-3H3;1H. The van der Waals surface area contributed by atoms with E-state index in [1.807, 2.05) is 32.0 Å². The minimum atomic E-state index is -4.63. The number of carbonyl (C=O) groups excluding carboxylic acids is 1. The van der Waals surface area contributed by atoms with Crippen molar-refractivity contribution >= 4 is 40.1 Å². The number of hydrogen-bond donors (Lipinski definition) is 1. The van der Waals surface area contributed by atoms with Crippen molar-refractivity contribution in [2.45, 2.75) is 46.0 Å². The summed E-state index contributed by atoms with van der Waals surface area (Å²) >= 11 is 2.93. The molecule has 2 aliphatic rings. The van der Waals surface area contributed by atoms with Crippen LogP contribution in [-0.4, -0.2) is 67.3 Å². The number of anilines is 1. The minimum absolute atomic E-state index is 0. The molecule has 0 saturated carbocycles. The second-order valence-corrected chi connectivity index (χ2v) is 12.0. The second-order valence-electron chi connectivity index (χ2n) is 11.1. The maximum absolute atomic E-state index is 14.2. The molecule has 2 aliphatic heterocycles. The normalized spacial score (nSPS) is 16.7. The summed E-state index contributed by atoms with van der Waals surface area (Å²) in [5, 5.41) is 7.89. The van der Waals surface area contributed by atoms with Gasteiger partial charge in [-0.05, 0) is 63.6 Å². The summed E-state index contributed by atoms with van der Waals surface area (Å²) in [6, 6.07) is 8.54. The zero-order valence-corrected chi connectivity index (χ0v) is 27.1. The van der Waals surface area contributed by atoms with E-state index >= 15 is 0 Å². The predicted octanol–water partition coefficient (Wildman–Crippen LogP) is 4.63. The van der Waals surface area contributed by atoms with Crippen LogP contribution in [0, 0.1) is 13.8 Å². The minimum Gasteiger partial charge on any atom is -0.354 e. The van der Waals surface area contributed by atoms with Gasteiger partial charge in [-0.25, -0.2) is 19.2 Å². The van der Waals surface area contributed by atoms with Gasteiger partial charge in [-0.2, -0.15) is 18.3 Å². The molecule has 1 unspecified atom stereocenters. The van der Waals surface area contributed by atoms with Gasteiger partial charge in [-0.15, -0.1) is 12.4 Å². The van der Waals surface area contributed by atoms with Gasteiger partial charge in [-0.3, -0.25) is 9.59 Å². The lowest BCUT2D eigenvalue weighted by molar-refractivity contribution is -0.138. The molecule has 5 heterocycles. The van der Waals surface area contributed by atoms with Crippen LogP contribution in [0.5, 0.6) is 0 Å². The highest BCUT2D eigenvalue weighted by molar-refractivity contribution is 9.10. The van der Waals surface area contributed by atoms with Crippen LogP contribution in [0.25, 0.3) is 11.6 Å². The highest BCUT2D eigenvalue weighted by atomic mass is 79.9. The topological polar surface area (TPSA) is 101 Å². The van der Waals surface area contributed by atoms with Crippen LogP contribution in [0.2, 0.25) is 0 Å². The lowest BCUT2D eigenvalue weighted by Crippen LogP contribution is -2.46. The fourth-order valence-corrected chi connectivity index (χ4v) is 6.23. The van der Waals surface area contributed by atoms with E-state index in [2.05, 4.69) is 36.2 Å². The number of piperazine rings is 1. The third-order valence-electron chi connectivity index (χ3n) is 8.01. The molecule has 0 radical (unpaired) electrons. The number of aryl methyl sites for hydroxylation is 2. The number of fused-ring (bicyclic) bond motifs is 1. The van der Waals surface area contributed by atoms with Gasteiger partial charge in [0.25, 0.3) is 11.5 Å². The van der Waals surface area contributed by atoms with Crippen LogP contribution < -0.4 is 15.8 Å². The summed E-state index contributed by atoms with van der Waals surface area (Å²) in [7, 11) is 0. The SMILES string of the molecule is Cc1cc(C)n(-c2nc3c(c(=O)n2-c2ccc(N4CCNCC4)nc2)CC(C)N(C(=O)c2ccc(Br)c(C(F)(F)F)c2)C3)n1.Cl. The van der Waals surface area contributed by atoms with Gasteiger partial charge in [-0.1, -0.05) is 15.9 Å². The Bertz CT molecular complexity index is 1800. The van der Waals surface area contributed by atoms with Gasteiger partial charge in [0.05, 0.1) is 35.4 Å². The molecular weight excluding hydrogens is 677 g/mol. The van der Waals surface area contributed by atoms with Crippen molar-refractivity contribution in [1.82, 2.24) is 34.5 Å². The number of rotatable bonds is 4. The first-order valence-corrected chi connectivity index (χ1v) is 15.0. The van der Waals surface area contributed by atoms with Gasteiger partial charge < -0.3 is 15.1 Å². The monoisotopic (exact) mass is 706 g/mol. The molecule has 1 atom stereocenters. The van der Waals surface area contributed by atoms with E-state index in [9.17, 15) is 22.8 Å². The van der Waals surface area contributed by atoms with E-state index < -0.39 is 23.7 Å². The molecule has 3 aromatic heterocycles. The molecule has 1 saturated heterocycles. The number of amides is 1. The smallest absolute Gasteiger partial charge is 0.354 e. The number of aromatic nitrogens is 5. The average molecular weight is 708 g/mol. The van der Waals surface area contributed by atoms with Crippen molar-refractivity contribution in [3.63, 3.8) is 0 Å². The van der Waals surface area contributed by atoms with Gasteiger partial charge >= 0.3 is 6.18 Å². The molecule has 0 spiro atoms. The lowest BCUT2D eigenvalue weighted by atomic mass is 9.98. The maximum atomic E-state index is 14.2. The molecule has 0 bridgehead atoms. The van der Waals surface area contributed by atoms with Gasteiger partial charge in [0.2, 0.25) is 5.95 Å². The van der Waals surface area contributed by atoms with Crippen LogP contribution in [0.1, 0.15) is 45.5 Å². The highest BCUT2D eigenvalue weighted by Gasteiger charge is 2.36. The van der Waals surface area contributed by atoms with Crippen LogP contribution in [0.4, 0.5) is 19.0 Å². The molecule has 15 heteroatoms. The van der Waals surface area contributed by atoms with E-state index in [-0.39, 0.29) is 46.9 Å². The summed E-state index contributed by atoms with van der Waals surface area (Å²) in [6.07, 6.45) is -2.80. The molecule has 0 aliphatic carbocycles. The fraction of sp³-hybridized carbons (Fsp3) is 0.367. The van der Waals surface area contributed by atoms with Crippen molar-refractivity contribution in [3.05, 3.63) is 91.2 Å². The van der Waals surface area contributed by atoms with Crippen LogP contribution in [-0.2, 0) is 19.1 Å². The van der Waals surface area contributed by atoms with Crippen LogP contribution in [0.15, 0.2) is 51.9 Å². The molecule has 1 amide bonds. The Morgan fingerprint density at radius 2 is 1.82 bits per heavy atom. The first kappa shape index (κ1) is 32.6.